The summed E-state index contributed by atoms with van der Waals surface area (Å²) >= 11 is 11.7. The Hall–Kier alpha value is -1.96. The average Bonchev–Trinajstić information content (AvgIpc) is 2.37. The Labute approximate surface area is 114 Å². The van der Waals surface area contributed by atoms with Gasteiger partial charge < -0.3 is 10.5 Å². The molecule has 0 fully saturated rings. The van der Waals surface area contributed by atoms with Gasteiger partial charge in [0.05, 0.1) is 21.3 Å². The van der Waals surface area contributed by atoms with E-state index in [2.05, 4.69) is 4.98 Å². The van der Waals surface area contributed by atoms with Gasteiger partial charge >= 0.3 is 0 Å². The van der Waals surface area contributed by atoms with Crippen molar-refractivity contribution in [3.8, 4) is 17.7 Å². The number of hydrogen-bond acceptors (Lipinski definition) is 4. The van der Waals surface area contributed by atoms with E-state index in [9.17, 15) is 0 Å². The fraction of sp³-hybridized carbons (Fsp3) is 0. The van der Waals surface area contributed by atoms with Crippen molar-refractivity contribution >= 4 is 28.9 Å². The molecule has 1 heterocycles. The maximum atomic E-state index is 8.65. The summed E-state index contributed by atoms with van der Waals surface area (Å²) in [6, 6.07) is 8.14. The van der Waals surface area contributed by atoms with E-state index in [4.69, 9.17) is 38.9 Å². The zero-order chi connectivity index (χ0) is 13.1. The lowest BCUT2D eigenvalue weighted by molar-refractivity contribution is 0.465. The summed E-state index contributed by atoms with van der Waals surface area (Å²) in [5.41, 5.74) is 6.55. The molecule has 6 heteroatoms. The first-order chi connectivity index (χ1) is 8.60. The number of anilines is 1. The lowest BCUT2D eigenvalue weighted by Gasteiger charge is -2.08. The van der Waals surface area contributed by atoms with Crippen molar-refractivity contribution < 1.29 is 4.74 Å². The van der Waals surface area contributed by atoms with Crippen LogP contribution < -0.4 is 10.5 Å². The average molecular weight is 280 g/mol. The van der Waals surface area contributed by atoms with Gasteiger partial charge in [0.25, 0.3) is 0 Å². The molecule has 0 radical (unpaired) electrons. The zero-order valence-corrected chi connectivity index (χ0v) is 10.5. The third-order valence-corrected chi connectivity index (χ3v) is 2.85. The Morgan fingerprint density at radius 2 is 1.94 bits per heavy atom. The summed E-state index contributed by atoms with van der Waals surface area (Å²) in [4.78, 5) is 3.96. The summed E-state index contributed by atoms with van der Waals surface area (Å²) < 4.78 is 5.46. The summed E-state index contributed by atoms with van der Waals surface area (Å²) in [6.45, 7) is 0. The minimum absolute atomic E-state index is 0.319. The Morgan fingerprint density at radius 3 is 2.56 bits per heavy atom. The van der Waals surface area contributed by atoms with E-state index >= 15 is 0 Å². The van der Waals surface area contributed by atoms with Crippen LogP contribution in [0.25, 0.3) is 0 Å². The lowest BCUT2D eigenvalue weighted by atomic mass is 10.3. The first-order valence-electron chi connectivity index (χ1n) is 4.88. The topological polar surface area (TPSA) is 71.9 Å². The predicted octanol–water partition coefficient (Wildman–Crippen LogP) is 3.63. The fourth-order valence-corrected chi connectivity index (χ4v) is 1.58. The summed E-state index contributed by atoms with van der Waals surface area (Å²) in [6.07, 6.45) is 1.41. The molecule has 2 N–H and O–H groups in total. The zero-order valence-electron chi connectivity index (χ0n) is 9.02. The smallest absolute Gasteiger partial charge is 0.219 e. The molecule has 0 unspecified atom stereocenters. The minimum Gasteiger partial charge on any atom is -0.437 e. The minimum atomic E-state index is 0.319. The second-order valence-electron chi connectivity index (χ2n) is 3.40. The van der Waals surface area contributed by atoms with E-state index in [1.54, 1.807) is 12.1 Å². The monoisotopic (exact) mass is 279 g/mol. The van der Waals surface area contributed by atoms with Gasteiger partial charge in [0, 0.05) is 18.3 Å². The number of rotatable bonds is 2. The van der Waals surface area contributed by atoms with Gasteiger partial charge in [-0.25, -0.2) is 4.98 Å². The Morgan fingerprint density at radius 1 is 1.22 bits per heavy atom. The van der Waals surface area contributed by atoms with Crippen LogP contribution >= 0.6 is 23.2 Å². The van der Waals surface area contributed by atoms with Crippen LogP contribution in [0.4, 0.5) is 5.69 Å². The van der Waals surface area contributed by atoms with Crippen LogP contribution in [0.1, 0.15) is 5.56 Å². The molecule has 2 aromatic rings. The van der Waals surface area contributed by atoms with E-state index in [1.807, 2.05) is 6.07 Å². The largest absolute Gasteiger partial charge is 0.437 e. The van der Waals surface area contributed by atoms with E-state index in [0.717, 1.165) is 0 Å². The van der Waals surface area contributed by atoms with E-state index < -0.39 is 0 Å². The molecule has 0 spiro atoms. The molecule has 0 bridgehead atoms. The van der Waals surface area contributed by atoms with Crippen LogP contribution in [-0.2, 0) is 0 Å². The summed E-state index contributed by atoms with van der Waals surface area (Å²) in [5.74, 6) is 0.681. The maximum absolute atomic E-state index is 8.65. The number of nitrogen functional groups attached to an aromatic ring is 1. The number of halogens is 2. The highest BCUT2D eigenvalue weighted by Crippen LogP contribution is 2.34. The SMILES string of the molecule is N#Cc1ccc(Oc2cc(Cl)c(Cl)cc2N)nc1. The van der Waals surface area contributed by atoms with Crippen molar-refractivity contribution in [2.24, 2.45) is 0 Å². The molecule has 2 rings (SSSR count). The van der Waals surface area contributed by atoms with Gasteiger partial charge in [-0.3, -0.25) is 0 Å². The third kappa shape index (κ3) is 2.65. The van der Waals surface area contributed by atoms with Crippen LogP contribution in [0.3, 0.4) is 0 Å². The number of aromatic nitrogens is 1. The number of pyridine rings is 1. The number of nitrogens with zero attached hydrogens (tertiary/aromatic N) is 2. The number of ether oxygens (including phenoxy) is 1. The second kappa shape index (κ2) is 5.13. The fourth-order valence-electron chi connectivity index (χ4n) is 1.25. The quantitative estimate of drug-likeness (QED) is 0.852. The number of nitrogens with two attached hydrogens (primary N) is 1. The molecule has 1 aromatic carbocycles. The van der Waals surface area contributed by atoms with Gasteiger partial charge in [-0.1, -0.05) is 23.2 Å². The third-order valence-electron chi connectivity index (χ3n) is 2.13. The molecule has 0 amide bonds. The van der Waals surface area contributed by atoms with E-state index in [0.29, 0.717) is 32.9 Å². The van der Waals surface area contributed by atoms with Crippen molar-refractivity contribution in [3.05, 3.63) is 46.1 Å². The molecule has 90 valence electrons. The van der Waals surface area contributed by atoms with Gasteiger partial charge in [0.15, 0.2) is 5.75 Å². The molecular formula is C12H7Cl2N3O. The molecule has 1 aromatic heterocycles. The van der Waals surface area contributed by atoms with E-state index in [1.165, 1.54) is 18.3 Å². The Kier molecular flexibility index (Phi) is 3.56. The first kappa shape index (κ1) is 12.5. The van der Waals surface area contributed by atoms with Crippen LogP contribution in [0, 0.1) is 11.3 Å². The number of hydrogen-bond donors (Lipinski definition) is 1. The van der Waals surface area contributed by atoms with Crippen molar-refractivity contribution in [3.63, 3.8) is 0 Å². The van der Waals surface area contributed by atoms with Crippen LogP contribution in [0.2, 0.25) is 10.0 Å². The maximum Gasteiger partial charge on any atom is 0.219 e. The summed E-state index contributed by atoms with van der Waals surface area (Å²) in [5, 5.41) is 9.34. The van der Waals surface area contributed by atoms with Crippen LogP contribution in [0.5, 0.6) is 11.6 Å². The van der Waals surface area contributed by atoms with Gasteiger partial charge in [0.1, 0.15) is 6.07 Å². The van der Waals surface area contributed by atoms with Crippen molar-refractivity contribution in [1.82, 2.24) is 4.98 Å². The van der Waals surface area contributed by atoms with Crippen molar-refractivity contribution in [2.75, 3.05) is 5.73 Å². The number of nitriles is 1. The molecule has 0 aliphatic heterocycles. The lowest BCUT2D eigenvalue weighted by Crippen LogP contribution is -1.94. The number of benzene rings is 1. The Balaban J connectivity index is 2.28. The summed E-state index contributed by atoms with van der Waals surface area (Å²) in [7, 11) is 0. The predicted molar refractivity (Wildman–Crippen MR) is 69.9 cm³/mol. The van der Waals surface area contributed by atoms with Gasteiger partial charge in [0.2, 0.25) is 5.88 Å². The molecule has 0 atom stereocenters. The highest BCUT2D eigenvalue weighted by atomic mass is 35.5. The standard InChI is InChI=1S/C12H7Cl2N3O/c13-8-3-10(16)11(4-9(8)14)18-12-2-1-7(5-15)6-17-12/h1-4,6H,16H2. The molecule has 4 nitrogen and oxygen atoms in total. The van der Waals surface area contributed by atoms with Crippen LogP contribution in [-0.4, -0.2) is 4.98 Å². The molecule has 0 saturated carbocycles. The van der Waals surface area contributed by atoms with Crippen molar-refractivity contribution in [1.29, 1.82) is 5.26 Å². The first-order valence-corrected chi connectivity index (χ1v) is 5.64. The van der Waals surface area contributed by atoms with E-state index in [-0.39, 0.29) is 0 Å². The van der Waals surface area contributed by atoms with Crippen LogP contribution in [0.15, 0.2) is 30.5 Å². The Bertz CT molecular complexity index is 620. The van der Waals surface area contributed by atoms with Gasteiger partial charge in [-0.2, -0.15) is 5.26 Å². The molecule has 0 saturated heterocycles. The van der Waals surface area contributed by atoms with Crippen molar-refractivity contribution in [2.45, 2.75) is 0 Å². The van der Waals surface area contributed by atoms with Gasteiger partial charge in [-0.05, 0) is 12.1 Å². The molecular weight excluding hydrogens is 273 g/mol. The normalized spacial score (nSPS) is 9.83. The van der Waals surface area contributed by atoms with Gasteiger partial charge in [-0.15, -0.1) is 0 Å². The second-order valence-corrected chi connectivity index (χ2v) is 4.22. The highest BCUT2D eigenvalue weighted by Gasteiger charge is 2.08. The molecule has 0 aliphatic rings. The highest BCUT2D eigenvalue weighted by molar-refractivity contribution is 6.42. The molecule has 18 heavy (non-hydrogen) atoms. The molecule has 0 aliphatic carbocycles.